The van der Waals surface area contributed by atoms with Crippen molar-refractivity contribution in [3.05, 3.63) is 65.2 Å². The minimum absolute atomic E-state index is 0.253. The molecule has 0 saturated heterocycles. The molecule has 1 N–H and O–H groups in total. The van der Waals surface area contributed by atoms with E-state index < -0.39 is 6.09 Å². The summed E-state index contributed by atoms with van der Waals surface area (Å²) in [5.41, 5.74) is 4.46. The molecule has 0 bridgehead atoms. The minimum Gasteiger partial charge on any atom is -0.453 e. The number of aryl methyl sites for hydroxylation is 1. The number of hydrogen-bond donors (Lipinski definition) is 1. The lowest BCUT2D eigenvalue weighted by molar-refractivity contribution is 0.131. The number of nitrogens with zero attached hydrogens (tertiary/aromatic N) is 1. The number of hydrogen-bond acceptors (Lipinski definition) is 4. The summed E-state index contributed by atoms with van der Waals surface area (Å²) in [6.07, 6.45) is -0.517. The van der Waals surface area contributed by atoms with Crippen LogP contribution in [-0.2, 0) is 16.2 Å². The monoisotopic (exact) mass is 312 g/mol. The van der Waals surface area contributed by atoms with Gasteiger partial charge in [0.05, 0.1) is 18.5 Å². The summed E-state index contributed by atoms with van der Waals surface area (Å²) in [6.45, 7) is 4.19. The average molecular weight is 312 g/mol. The van der Waals surface area contributed by atoms with Gasteiger partial charge in [0.25, 0.3) is 0 Å². The van der Waals surface area contributed by atoms with Crippen molar-refractivity contribution < 1.29 is 14.4 Å². The number of anilines is 1. The van der Waals surface area contributed by atoms with Crippen LogP contribution < -0.4 is 5.32 Å². The Labute approximate surface area is 135 Å². The molecule has 0 unspecified atom stereocenters. The van der Waals surface area contributed by atoms with Gasteiger partial charge < -0.3 is 9.57 Å². The highest BCUT2D eigenvalue weighted by Crippen LogP contribution is 2.16. The van der Waals surface area contributed by atoms with Crippen LogP contribution in [0.3, 0.4) is 0 Å². The van der Waals surface area contributed by atoms with Gasteiger partial charge in [-0.05, 0) is 25.5 Å². The van der Waals surface area contributed by atoms with Gasteiger partial charge in [-0.3, -0.25) is 5.32 Å². The smallest absolute Gasteiger partial charge is 0.411 e. The molecule has 2 aromatic rings. The molecule has 5 nitrogen and oxygen atoms in total. The third kappa shape index (κ3) is 4.85. The Morgan fingerprint density at radius 1 is 1.13 bits per heavy atom. The summed E-state index contributed by atoms with van der Waals surface area (Å²) in [7, 11) is 1.32. The SMILES string of the molecule is COC(=O)Nc1ccccc1CO/N=C(\C)c1ccc(C)cc1. The van der Waals surface area contributed by atoms with Crippen LogP contribution in [0.4, 0.5) is 10.5 Å². The van der Waals surface area contributed by atoms with E-state index in [0.29, 0.717) is 5.69 Å². The van der Waals surface area contributed by atoms with Gasteiger partial charge in [-0.15, -0.1) is 0 Å². The largest absolute Gasteiger partial charge is 0.453 e. The van der Waals surface area contributed by atoms with Crippen LogP contribution in [0.1, 0.15) is 23.6 Å². The summed E-state index contributed by atoms with van der Waals surface area (Å²) < 4.78 is 4.60. The lowest BCUT2D eigenvalue weighted by Gasteiger charge is -2.09. The lowest BCUT2D eigenvalue weighted by Crippen LogP contribution is -2.12. The van der Waals surface area contributed by atoms with Crippen molar-refractivity contribution in [2.45, 2.75) is 20.5 Å². The van der Waals surface area contributed by atoms with E-state index in [1.54, 1.807) is 6.07 Å². The number of carbonyl (C=O) groups excluding carboxylic acids is 1. The zero-order valence-electron chi connectivity index (χ0n) is 13.5. The molecule has 0 radical (unpaired) electrons. The topological polar surface area (TPSA) is 59.9 Å². The van der Waals surface area contributed by atoms with E-state index in [9.17, 15) is 4.79 Å². The number of para-hydroxylation sites is 1. The van der Waals surface area contributed by atoms with Crippen molar-refractivity contribution in [1.82, 2.24) is 0 Å². The standard InChI is InChI=1S/C18H20N2O3/c1-13-8-10-15(11-9-13)14(2)20-23-12-16-6-4-5-7-17(16)19-18(21)22-3/h4-11H,12H2,1-3H3,(H,19,21)/b20-14+. The normalized spacial score (nSPS) is 11.0. The highest BCUT2D eigenvalue weighted by atomic mass is 16.6. The molecule has 0 fully saturated rings. The van der Waals surface area contributed by atoms with Gasteiger partial charge in [-0.25, -0.2) is 4.79 Å². The minimum atomic E-state index is -0.517. The van der Waals surface area contributed by atoms with Gasteiger partial charge in [0, 0.05) is 5.56 Å². The summed E-state index contributed by atoms with van der Waals surface area (Å²) in [4.78, 5) is 16.7. The summed E-state index contributed by atoms with van der Waals surface area (Å²) in [5.74, 6) is 0. The van der Waals surface area contributed by atoms with E-state index in [-0.39, 0.29) is 6.61 Å². The molecule has 120 valence electrons. The van der Waals surface area contributed by atoms with Gasteiger partial charge in [0.1, 0.15) is 6.61 Å². The van der Waals surface area contributed by atoms with Crippen molar-refractivity contribution >= 4 is 17.5 Å². The number of ether oxygens (including phenoxy) is 1. The first kappa shape index (κ1) is 16.5. The molecule has 2 rings (SSSR count). The van der Waals surface area contributed by atoms with Crippen LogP contribution in [0, 0.1) is 6.92 Å². The number of oxime groups is 1. The van der Waals surface area contributed by atoms with E-state index in [1.165, 1.54) is 12.7 Å². The maximum atomic E-state index is 11.3. The van der Waals surface area contributed by atoms with Crippen LogP contribution in [0.15, 0.2) is 53.7 Å². The van der Waals surface area contributed by atoms with Gasteiger partial charge in [-0.2, -0.15) is 0 Å². The van der Waals surface area contributed by atoms with Gasteiger partial charge in [0.15, 0.2) is 0 Å². The molecule has 0 aliphatic heterocycles. The first-order chi connectivity index (χ1) is 11.1. The van der Waals surface area contributed by atoms with Crippen LogP contribution in [-0.4, -0.2) is 18.9 Å². The second kappa shape index (κ2) is 7.98. The quantitative estimate of drug-likeness (QED) is 0.667. The highest BCUT2D eigenvalue weighted by Gasteiger charge is 2.06. The van der Waals surface area contributed by atoms with Crippen molar-refractivity contribution in [3.63, 3.8) is 0 Å². The first-order valence-electron chi connectivity index (χ1n) is 7.26. The van der Waals surface area contributed by atoms with Crippen LogP contribution in [0.25, 0.3) is 0 Å². The second-order valence-corrected chi connectivity index (χ2v) is 5.09. The predicted molar refractivity (Wildman–Crippen MR) is 90.6 cm³/mol. The Hall–Kier alpha value is -2.82. The van der Waals surface area contributed by atoms with E-state index in [4.69, 9.17) is 4.84 Å². The molecule has 0 aliphatic carbocycles. The van der Waals surface area contributed by atoms with Crippen molar-refractivity contribution in [2.24, 2.45) is 5.16 Å². The Morgan fingerprint density at radius 3 is 2.52 bits per heavy atom. The second-order valence-electron chi connectivity index (χ2n) is 5.09. The Balaban J connectivity index is 2.02. The molecule has 1 amide bonds. The van der Waals surface area contributed by atoms with E-state index in [2.05, 4.69) is 15.2 Å². The maximum absolute atomic E-state index is 11.3. The number of methoxy groups -OCH3 is 1. The third-order valence-corrected chi connectivity index (χ3v) is 3.33. The van der Waals surface area contributed by atoms with Crippen LogP contribution in [0.5, 0.6) is 0 Å². The van der Waals surface area contributed by atoms with Crippen molar-refractivity contribution in [1.29, 1.82) is 0 Å². The van der Waals surface area contributed by atoms with Crippen LogP contribution in [0.2, 0.25) is 0 Å². The number of amides is 1. The average Bonchev–Trinajstić information content (AvgIpc) is 2.56. The van der Waals surface area contributed by atoms with Gasteiger partial charge in [0.2, 0.25) is 0 Å². The zero-order chi connectivity index (χ0) is 16.7. The molecule has 0 aromatic heterocycles. The van der Waals surface area contributed by atoms with Crippen LogP contribution >= 0.6 is 0 Å². The van der Waals surface area contributed by atoms with E-state index in [0.717, 1.165) is 16.8 Å². The Kier molecular flexibility index (Phi) is 5.74. The summed E-state index contributed by atoms with van der Waals surface area (Å²) in [6, 6.07) is 15.4. The molecular formula is C18H20N2O3. The fourth-order valence-corrected chi connectivity index (χ4v) is 1.98. The summed E-state index contributed by atoms with van der Waals surface area (Å²) >= 11 is 0. The fraction of sp³-hybridized carbons (Fsp3) is 0.222. The number of rotatable bonds is 5. The van der Waals surface area contributed by atoms with Crippen molar-refractivity contribution in [3.8, 4) is 0 Å². The number of benzene rings is 2. The van der Waals surface area contributed by atoms with E-state index >= 15 is 0 Å². The molecule has 23 heavy (non-hydrogen) atoms. The molecule has 0 aliphatic rings. The lowest BCUT2D eigenvalue weighted by atomic mass is 10.1. The molecule has 0 saturated carbocycles. The zero-order valence-corrected chi connectivity index (χ0v) is 13.5. The van der Waals surface area contributed by atoms with Gasteiger partial charge in [-0.1, -0.05) is 53.2 Å². The molecule has 0 heterocycles. The highest BCUT2D eigenvalue weighted by molar-refractivity contribution is 5.98. The molecule has 0 spiro atoms. The first-order valence-corrected chi connectivity index (χ1v) is 7.26. The van der Waals surface area contributed by atoms with Gasteiger partial charge >= 0.3 is 6.09 Å². The molecule has 5 heteroatoms. The number of nitrogens with one attached hydrogen (secondary N) is 1. The predicted octanol–water partition coefficient (Wildman–Crippen LogP) is 4.11. The summed E-state index contributed by atoms with van der Waals surface area (Å²) in [5, 5.41) is 6.78. The Bertz CT molecular complexity index is 694. The molecule has 0 atom stereocenters. The fourth-order valence-electron chi connectivity index (χ4n) is 1.98. The molecular weight excluding hydrogens is 292 g/mol. The number of carbonyl (C=O) groups is 1. The van der Waals surface area contributed by atoms with E-state index in [1.807, 2.05) is 56.3 Å². The Morgan fingerprint density at radius 2 is 1.83 bits per heavy atom. The third-order valence-electron chi connectivity index (χ3n) is 3.33. The maximum Gasteiger partial charge on any atom is 0.411 e. The van der Waals surface area contributed by atoms with Crippen molar-refractivity contribution in [2.75, 3.05) is 12.4 Å². The molecule has 2 aromatic carbocycles.